The molecule has 0 aromatic carbocycles. The number of ketones is 1. The second-order valence-corrected chi connectivity index (χ2v) is 20.8. The van der Waals surface area contributed by atoms with E-state index in [2.05, 4.69) is 63.1 Å². The monoisotopic (exact) mass is 1030 g/mol. The van der Waals surface area contributed by atoms with Crippen LogP contribution in [0.3, 0.4) is 0 Å². The van der Waals surface area contributed by atoms with Crippen molar-refractivity contribution in [1.29, 1.82) is 0 Å². The first-order valence-electron chi connectivity index (χ1n) is 25.5. The van der Waals surface area contributed by atoms with Crippen molar-refractivity contribution in [1.82, 2.24) is 29.0 Å². The third kappa shape index (κ3) is 12.1. The number of carbonyl (C=O) groups is 4. The number of nitrogens with zero attached hydrogens (tertiary/aromatic N) is 6. The number of hydrogen-bond donors (Lipinski definition) is 1. The Hall–Kier alpha value is -6.07. The van der Waals surface area contributed by atoms with E-state index in [9.17, 15) is 33.9 Å². The maximum atomic E-state index is 12.6. The molecular formula is C58H71N6NaO10. The van der Waals surface area contributed by atoms with Gasteiger partial charge in [0.2, 0.25) is 0 Å². The van der Waals surface area contributed by atoms with Crippen LogP contribution in [0.25, 0.3) is 22.5 Å². The zero-order valence-corrected chi connectivity index (χ0v) is 48.2. The molecule has 4 aliphatic heterocycles. The summed E-state index contributed by atoms with van der Waals surface area (Å²) in [5.74, 6) is -1.38. The molecule has 0 saturated heterocycles. The maximum absolute atomic E-state index is 12.6. The van der Waals surface area contributed by atoms with Gasteiger partial charge in [0.1, 0.15) is 16.7 Å². The van der Waals surface area contributed by atoms with Gasteiger partial charge in [0, 0.05) is 108 Å². The fraction of sp³-hybridized carbons (Fsp3) is 0.466. The number of carboxylic acids is 1. The van der Waals surface area contributed by atoms with Gasteiger partial charge in [0.25, 0.3) is 0 Å². The Morgan fingerprint density at radius 3 is 1.47 bits per heavy atom. The number of esters is 2. The van der Waals surface area contributed by atoms with E-state index in [0.717, 1.165) is 98.2 Å². The van der Waals surface area contributed by atoms with Gasteiger partial charge < -0.3 is 34.1 Å². The van der Waals surface area contributed by atoms with Gasteiger partial charge in [-0.25, -0.2) is 14.4 Å². The first-order chi connectivity index (χ1) is 34.4. The third-order valence-electron chi connectivity index (χ3n) is 14.9. The molecule has 0 radical (unpaired) electrons. The molecule has 4 aliphatic rings. The standard InChI is InChI=1S/C20H26N2O3.C20H24N2O3.C18H20N2O3.Na.H2O/c2*1-6-25-20(24)15-10-22-17(11(2)3)8-16-14(18(22)9-19(15)23)7-12(4)13(5)21-16;1-9(2)15-6-14-12(5-10(3)11(4)19-14)16-7-17(21)13(18(22)23)8-20(15)16;;/h7,10-11,17-18H,6,8-9H2,1-5H3;7,9-11,17H,6,8H2,1-5H3;5,7-9,15H,6H2,1-4H3,(H,22,23);;1H2/q;;;+1;/p-1. The van der Waals surface area contributed by atoms with Crippen LogP contribution in [-0.4, -0.2) is 82.5 Å². The maximum Gasteiger partial charge on any atom is 1.00 e. The summed E-state index contributed by atoms with van der Waals surface area (Å²) in [6.07, 6.45) is 7.53. The molecule has 9 heterocycles. The Labute approximate surface area is 461 Å². The molecule has 2 N–H and O–H groups in total. The van der Waals surface area contributed by atoms with Crippen LogP contribution in [0.4, 0.5) is 0 Å². The van der Waals surface area contributed by atoms with Gasteiger partial charge in [-0.2, -0.15) is 0 Å². The summed E-state index contributed by atoms with van der Waals surface area (Å²) in [5.41, 5.74) is 13.4. The summed E-state index contributed by atoms with van der Waals surface area (Å²) in [6.45, 7) is 28.9. The van der Waals surface area contributed by atoms with Crippen molar-refractivity contribution in [2.24, 2.45) is 17.8 Å². The fourth-order valence-electron chi connectivity index (χ4n) is 10.4. The van der Waals surface area contributed by atoms with E-state index >= 15 is 0 Å². The Morgan fingerprint density at radius 2 is 1.01 bits per heavy atom. The Morgan fingerprint density at radius 1 is 0.600 bits per heavy atom. The summed E-state index contributed by atoms with van der Waals surface area (Å²) in [4.78, 5) is 89.3. The molecule has 75 heavy (non-hydrogen) atoms. The number of carboxylic acid groups (broad SMARTS) is 1. The van der Waals surface area contributed by atoms with Crippen molar-refractivity contribution in [3.63, 3.8) is 0 Å². The number of aromatic carboxylic acids is 1. The van der Waals surface area contributed by atoms with E-state index in [-0.39, 0.29) is 100 Å². The fourth-order valence-corrected chi connectivity index (χ4v) is 10.4. The number of fused-ring (bicyclic) bond motifs is 9. The van der Waals surface area contributed by atoms with Crippen LogP contribution in [0.2, 0.25) is 0 Å². The minimum absolute atomic E-state index is 0. The van der Waals surface area contributed by atoms with Crippen LogP contribution in [0.5, 0.6) is 0 Å². The molecule has 0 bridgehead atoms. The van der Waals surface area contributed by atoms with Gasteiger partial charge in [0.15, 0.2) is 16.6 Å². The number of rotatable bonds is 8. The summed E-state index contributed by atoms with van der Waals surface area (Å²) in [7, 11) is 0. The molecule has 0 saturated carbocycles. The number of ether oxygens (including phenoxy) is 2. The minimum Gasteiger partial charge on any atom is -0.870 e. The van der Waals surface area contributed by atoms with Gasteiger partial charge in [0.05, 0.1) is 42.0 Å². The number of Topliss-reactive ketones (excluding diaryl/α,β-unsaturated/α-hetero) is 1. The van der Waals surface area contributed by atoms with Crippen LogP contribution in [-0.2, 0) is 38.3 Å². The predicted octanol–water partition coefficient (Wildman–Crippen LogP) is 6.30. The second-order valence-electron chi connectivity index (χ2n) is 20.8. The average molecular weight is 1040 g/mol. The molecule has 4 unspecified atom stereocenters. The number of aryl methyl sites for hydroxylation is 6. The summed E-state index contributed by atoms with van der Waals surface area (Å²) in [6, 6.07) is 9.67. The zero-order valence-electron chi connectivity index (χ0n) is 46.2. The van der Waals surface area contributed by atoms with Gasteiger partial charge in [-0.05, 0) is 108 Å². The second kappa shape index (κ2) is 24.3. The van der Waals surface area contributed by atoms with Crippen LogP contribution in [0, 0.1) is 59.3 Å². The van der Waals surface area contributed by atoms with Gasteiger partial charge in [-0.3, -0.25) is 29.3 Å². The van der Waals surface area contributed by atoms with Gasteiger partial charge in [-0.15, -0.1) is 0 Å². The molecule has 0 amide bonds. The van der Waals surface area contributed by atoms with E-state index < -0.39 is 23.3 Å². The van der Waals surface area contributed by atoms with Crippen LogP contribution in [0.1, 0.15) is 157 Å². The third-order valence-corrected chi connectivity index (χ3v) is 14.9. The normalized spacial score (nSPS) is 17.6. The van der Waals surface area contributed by atoms with Crippen molar-refractivity contribution < 1.29 is 68.8 Å². The smallest absolute Gasteiger partial charge is 0.870 e. The van der Waals surface area contributed by atoms with Gasteiger partial charge in [-0.1, -0.05) is 47.6 Å². The largest absolute Gasteiger partial charge is 1.00 e. The first-order valence-corrected chi connectivity index (χ1v) is 25.5. The molecule has 0 spiro atoms. The molecule has 394 valence electrons. The van der Waals surface area contributed by atoms with Crippen molar-refractivity contribution >= 4 is 23.7 Å². The molecule has 0 aliphatic carbocycles. The predicted molar refractivity (Wildman–Crippen MR) is 282 cm³/mol. The summed E-state index contributed by atoms with van der Waals surface area (Å²) >= 11 is 0. The molecule has 4 atom stereocenters. The van der Waals surface area contributed by atoms with Crippen LogP contribution >= 0.6 is 0 Å². The van der Waals surface area contributed by atoms with Crippen molar-refractivity contribution in [3.05, 3.63) is 142 Å². The number of hydrogen-bond acceptors (Lipinski definition) is 13. The van der Waals surface area contributed by atoms with E-state index in [1.165, 1.54) is 12.3 Å². The van der Waals surface area contributed by atoms with Gasteiger partial charge >= 0.3 is 47.5 Å². The van der Waals surface area contributed by atoms with Crippen molar-refractivity contribution in [3.8, 4) is 22.5 Å². The van der Waals surface area contributed by atoms with Crippen molar-refractivity contribution in [2.75, 3.05) is 13.2 Å². The van der Waals surface area contributed by atoms with E-state index in [1.807, 2.05) is 52.2 Å². The summed E-state index contributed by atoms with van der Waals surface area (Å²) in [5, 5.41) is 9.24. The zero-order chi connectivity index (χ0) is 53.5. The topological polar surface area (TPSA) is 223 Å². The molecule has 5 aromatic rings. The molecular weight excluding hydrogens is 964 g/mol. The molecule has 5 aromatic heterocycles. The quantitative estimate of drug-likeness (QED) is 0.102. The van der Waals surface area contributed by atoms with E-state index in [0.29, 0.717) is 24.2 Å². The molecule has 17 heteroatoms. The Balaban J connectivity index is 0.000000206. The van der Waals surface area contributed by atoms with E-state index in [1.54, 1.807) is 32.3 Å². The van der Waals surface area contributed by atoms with Crippen LogP contribution < -0.4 is 40.4 Å². The number of pyridine rings is 5. The Kier molecular flexibility index (Phi) is 19.4. The van der Waals surface area contributed by atoms with E-state index in [4.69, 9.17) is 24.4 Å². The summed E-state index contributed by atoms with van der Waals surface area (Å²) < 4.78 is 14.1. The van der Waals surface area contributed by atoms with Crippen LogP contribution in [0.15, 0.2) is 64.1 Å². The Bertz CT molecular complexity index is 3190. The number of aromatic nitrogens is 5. The molecule has 9 rings (SSSR count). The first kappa shape index (κ1) is 59.8. The average Bonchev–Trinajstić information content (AvgIpc) is 3.32. The molecule has 0 fully saturated rings. The SMILES string of the molecule is CCOC(=O)C1=CN2C(CC1=O)c1cc(C)c(C)nc1CC2C(C)C.CCOC(=O)c1cn2c(cc1=O)-c1cc(C)c(C)nc1CC2C(C)C.Cc1cc2c(nc1C)CC(C(C)C)n1cc(C(=O)O)c(=O)cc1-2.[Na+].[OH-]. The minimum atomic E-state index is -1.18. The molecule has 16 nitrogen and oxygen atoms in total. The van der Waals surface area contributed by atoms with Crippen molar-refractivity contribution in [2.45, 2.75) is 147 Å². The number of carbonyl (C=O) groups excluding carboxylic acids is 3.